The van der Waals surface area contributed by atoms with Gasteiger partial charge in [0.05, 0.1) is 18.2 Å². The number of aliphatic hydroxyl groups excluding tert-OH is 1. The normalized spacial score (nSPS) is 11.0. The number of alkyl halides is 3. The van der Waals surface area contributed by atoms with Gasteiger partial charge in [0.25, 0.3) is 6.43 Å². The SMILES string of the molecule is OCc1cc(CCl)c(F)c(C(F)F)n1. The highest BCUT2D eigenvalue weighted by Crippen LogP contribution is 2.24. The molecule has 0 radical (unpaired) electrons. The van der Waals surface area contributed by atoms with Crippen molar-refractivity contribution in [2.75, 3.05) is 0 Å². The van der Waals surface area contributed by atoms with Crippen LogP contribution in [0.2, 0.25) is 0 Å². The first-order valence-corrected chi connectivity index (χ1v) is 4.26. The molecule has 0 saturated carbocycles. The van der Waals surface area contributed by atoms with Gasteiger partial charge in [-0.25, -0.2) is 18.2 Å². The van der Waals surface area contributed by atoms with Gasteiger partial charge in [-0.3, -0.25) is 0 Å². The minimum absolute atomic E-state index is 0.0163. The second-order valence-corrected chi connectivity index (χ2v) is 2.83. The van der Waals surface area contributed by atoms with Gasteiger partial charge in [0.15, 0.2) is 5.82 Å². The fourth-order valence-electron chi connectivity index (χ4n) is 0.988. The Morgan fingerprint density at radius 1 is 1.50 bits per heavy atom. The average molecular weight is 226 g/mol. The van der Waals surface area contributed by atoms with Crippen LogP contribution in [0, 0.1) is 5.82 Å². The summed E-state index contributed by atoms with van der Waals surface area (Å²) in [6.45, 7) is -0.524. The van der Waals surface area contributed by atoms with Crippen LogP contribution in [0.1, 0.15) is 23.4 Å². The Kier molecular flexibility index (Phi) is 3.71. The van der Waals surface area contributed by atoms with Gasteiger partial charge in [-0.2, -0.15) is 0 Å². The highest BCUT2D eigenvalue weighted by molar-refractivity contribution is 6.17. The summed E-state index contributed by atoms with van der Waals surface area (Å²) in [5, 5.41) is 8.68. The maximum Gasteiger partial charge on any atom is 0.283 e. The summed E-state index contributed by atoms with van der Waals surface area (Å²) in [7, 11) is 0. The van der Waals surface area contributed by atoms with E-state index in [0.717, 1.165) is 6.07 Å². The third kappa shape index (κ3) is 2.16. The second-order valence-electron chi connectivity index (χ2n) is 2.56. The minimum atomic E-state index is -3.01. The van der Waals surface area contributed by atoms with Gasteiger partial charge < -0.3 is 5.11 Å². The van der Waals surface area contributed by atoms with Crippen molar-refractivity contribution in [1.82, 2.24) is 4.98 Å². The van der Waals surface area contributed by atoms with Gasteiger partial charge in [0.1, 0.15) is 5.69 Å². The summed E-state index contributed by atoms with van der Waals surface area (Å²) >= 11 is 5.34. The number of pyridine rings is 1. The molecule has 0 bridgehead atoms. The summed E-state index contributed by atoms with van der Waals surface area (Å²) in [5.74, 6) is -1.34. The Morgan fingerprint density at radius 2 is 2.14 bits per heavy atom. The van der Waals surface area contributed by atoms with Crippen LogP contribution in [0.5, 0.6) is 0 Å². The molecule has 1 N–H and O–H groups in total. The van der Waals surface area contributed by atoms with E-state index in [-0.39, 0.29) is 17.1 Å². The predicted octanol–water partition coefficient (Wildman–Crippen LogP) is 2.39. The number of rotatable bonds is 3. The molecule has 0 aliphatic rings. The van der Waals surface area contributed by atoms with E-state index in [9.17, 15) is 13.2 Å². The first-order valence-electron chi connectivity index (χ1n) is 3.73. The largest absolute Gasteiger partial charge is 0.390 e. The first kappa shape index (κ1) is 11.3. The molecule has 0 aliphatic heterocycles. The van der Waals surface area contributed by atoms with Crippen molar-refractivity contribution in [2.45, 2.75) is 18.9 Å². The lowest BCUT2D eigenvalue weighted by atomic mass is 10.2. The van der Waals surface area contributed by atoms with Gasteiger partial charge in [0, 0.05) is 5.56 Å². The molecule has 1 aromatic rings. The molecule has 2 nitrogen and oxygen atoms in total. The van der Waals surface area contributed by atoms with Crippen LogP contribution in [0.4, 0.5) is 13.2 Å². The molecule has 0 amide bonds. The molecule has 1 aromatic heterocycles. The average Bonchev–Trinajstić information content (AvgIpc) is 2.17. The topological polar surface area (TPSA) is 33.1 Å². The Labute approximate surface area is 83.3 Å². The van der Waals surface area contributed by atoms with Gasteiger partial charge in [-0.1, -0.05) is 0 Å². The number of hydrogen-bond donors (Lipinski definition) is 1. The quantitative estimate of drug-likeness (QED) is 0.802. The van der Waals surface area contributed by atoms with Crippen molar-refractivity contribution in [2.24, 2.45) is 0 Å². The molecular formula is C8H7ClF3NO. The molecular weight excluding hydrogens is 219 g/mol. The molecule has 14 heavy (non-hydrogen) atoms. The Morgan fingerprint density at radius 3 is 2.57 bits per heavy atom. The number of hydrogen-bond acceptors (Lipinski definition) is 2. The summed E-state index contributed by atoms with van der Waals surface area (Å²) < 4.78 is 37.6. The number of nitrogens with zero attached hydrogens (tertiary/aromatic N) is 1. The van der Waals surface area contributed by atoms with Crippen LogP contribution in [-0.2, 0) is 12.5 Å². The van der Waals surface area contributed by atoms with Crippen molar-refractivity contribution in [3.05, 3.63) is 28.8 Å². The van der Waals surface area contributed by atoms with Crippen molar-refractivity contribution in [1.29, 1.82) is 0 Å². The lowest BCUT2D eigenvalue weighted by molar-refractivity contribution is 0.139. The van der Waals surface area contributed by atoms with Crippen molar-refractivity contribution in [3.8, 4) is 0 Å². The van der Waals surface area contributed by atoms with Gasteiger partial charge >= 0.3 is 0 Å². The van der Waals surface area contributed by atoms with Crippen LogP contribution < -0.4 is 0 Å². The Bertz CT molecular complexity index is 333. The van der Waals surface area contributed by atoms with Crippen LogP contribution in [-0.4, -0.2) is 10.1 Å². The first-order chi connectivity index (χ1) is 6.60. The number of aliphatic hydroxyl groups is 1. The van der Waals surface area contributed by atoms with E-state index in [1.165, 1.54) is 0 Å². The standard InChI is InChI=1S/C8H7ClF3NO/c9-2-4-1-5(3-14)13-7(6(4)10)8(11)12/h1,8,14H,2-3H2. The summed E-state index contributed by atoms with van der Waals surface area (Å²) in [4.78, 5) is 3.27. The third-order valence-electron chi connectivity index (χ3n) is 1.62. The molecule has 0 fully saturated rings. The zero-order chi connectivity index (χ0) is 10.7. The second kappa shape index (κ2) is 4.61. The van der Waals surface area contributed by atoms with E-state index < -0.39 is 24.5 Å². The summed E-state index contributed by atoms with van der Waals surface area (Å²) in [6, 6.07) is 1.16. The zero-order valence-electron chi connectivity index (χ0n) is 6.98. The monoisotopic (exact) mass is 225 g/mol. The molecule has 1 rings (SSSR count). The Hall–Kier alpha value is -0.810. The summed E-state index contributed by atoms with van der Waals surface area (Å²) in [5.41, 5.74) is -1.06. The van der Waals surface area contributed by atoms with Crippen LogP contribution in [0.25, 0.3) is 0 Å². The molecule has 0 saturated heterocycles. The van der Waals surface area contributed by atoms with Crippen molar-refractivity contribution >= 4 is 11.6 Å². The van der Waals surface area contributed by atoms with E-state index in [1.807, 2.05) is 0 Å². The van der Waals surface area contributed by atoms with E-state index in [0.29, 0.717) is 0 Å². The van der Waals surface area contributed by atoms with E-state index in [1.54, 1.807) is 0 Å². The van der Waals surface area contributed by atoms with Gasteiger partial charge in [-0.15, -0.1) is 11.6 Å². The minimum Gasteiger partial charge on any atom is -0.390 e. The highest BCUT2D eigenvalue weighted by Gasteiger charge is 2.19. The molecule has 0 aromatic carbocycles. The lowest BCUT2D eigenvalue weighted by Gasteiger charge is -2.07. The maximum absolute atomic E-state index is 13.1. The summed E-state index contributed by atoms with van der Waals surface area (Å²) in [6.07, 6.45) is -3.01. The fourth-order valence-corrected chi connectivity index (χ4v) is 1.18. The smallest absolute Gasteiger partial charge is 0.283 e. The zero-order valence-corrected chi connectivity index (χ0v) is 7.73. The predicted molar refractivity (Wildman–Crippen MR) is 44.6 cm³/mol. The Balaban J connectivity index is 3.27. The molecule has 0 spiro atoms. The molecule has 0 atom stereocenters. The fraction of sp³-hybridized carbons (Fsp3) is 0.375. The van der Waals surface area contributed by atoms with Gasteiger partial charge in [-0.05, 0) is 6.07 Å². The third-order valence-corrected chi connectivity index (χ3v) is 1.91. The molecule has 6 heteroatoms. The van der Waals surface area contributed by atoms with Crippen LogP contribution in [0.15, 0.2) is 6.07 Å². The number of aromatic nitrogens is 1. The van der Waals surface area contributed by atoms with Crippen LogP contribution >= 0.6 is 11.6 Å². The van der Waals surface area contributed by atoms with Crippen molar-refractivity contribution < 1.29 is 18.3 Å². The van der Waals surface area contributed by atoms with Gasteiger partial charge in [0.2, 0.25) is 0 Å². The highest BCUT2D eigenvalue weighted by atomic mass is 35.5. The molecule has 0 aliphatic carbocycles. The number of halogens is 4. The molecule has 0 unspecified atom stereocenters. The van der Waals surface area contributed by atoms with E-state index in [4.69, 9.17) is 16.7 Å². The van der Waals surface area contributed by atoms with E-state index >= 15 is 0 Å². The van der Waals surface area contributed by atoms with E-state index in [2.05, 4.69) is 4.98 Å². The van der Waals surface area contributed by atoms with Crippen molar-refractivity contribution in [3.63, 3.8) is 0 Å². The molecule has 1 heterocycles. The van der Waals surface area contributed by atoms with Crippen LogP contribution in [0.3, 0.4) is 0 Å². The maximum atomic E-state index is 13.1. The lowest BCUT2D eigenvalue weighted by Crippen LogP contribution is -2.04. The molecule has 78 valence electrons.